The second-order valence-corrected chi connectivity index (χ2v) is 5.90. The third-order valence-corrected chi connectivity index (χ3v) is 3.83. The smallest absolute Gasteiger partial charge is 0.254 e. The molecule has 4 heteroatoms. The molecule has 1 saturated heterocycles. The highest BCUT2D eigenvalue weighted by Gasteiger charge is 2.29. The van der Waals surface area contributed by atoms with Gasteiger partial charge in [-0.3, -0.25) is 4.79 Å². The van der Waals surface area contributed by atoms with Crippen molar-refractivity contribution < 1.29 is 4.79 Å². The molecule has 1 N–H and O–H groups in total. The summed E-state index contributed by atoms with van der Waals surface area (Å²) in [5, 5.41) is 3.34. The summed E-state index contributed by atoms with van der Waals surface area (Å²) in [5.41, 5.74) is 1.83. The predicted molar refractivity (Wildman–Crippen MR) is 83.3 cm³/mol. The van der Waals surface area contributed by atoms with Crippen LogP contribution in [0, 0.1) is 0 Å². The summed E-state index contributed by atoms with van der Waals surface area (Å²) in [7, 11) is 3.98. The Balaban J connectivity index is 2.25. The van der Waals surface area contributed by atoms with Crippen LogP contribution in [0.5, 0.6) is 0 Å². The van der Waals surface area contributed by atoms with Crippen molar-refractivity contribution in [1.82, 2.24) is 10.2 Å². The van der Waals surface area contributed by atoms with Crippen LogP contribution in [0.15, 0.2) is 24.3 Å². The monoisotopic (exact) mass is 275 g/mol. The Bertz CT molecular complexity index is 465. The van der Waals surface area contributed by atoms with Gasteiger partial charge < -0.3 is 15.1 Å². The maximum Gasteiger partial charge on any atom is 0.254 e. The molecule has 2 rings (SSSR count). The summed E-state index contributed by atoms with van der Waals surface area (Å²) in [6.07, 6.45) is 1.04. The summed E-state index contributed by atoms with van der Waals surface area (Å²) in [5.74, 6) is 0.136. The lowest BCUT2D eigenvalue weighted by atomic mass is 10.1. The highest BCUT2D eigenvalue weighted by molar-refractivity contribution is 5.95. The molecule has 0 bridgehead atoms. The minimum atomic E-state index is 0.136. The van der Waals surface area contributed by atoms with Gasteiger partial charge in [-0.2, -0.15) is 0 Å². The number of rotatable bonds is 4. The quantitative estimate of drug-likeness (QED) is 0.912. The fraction of sp³-hybridized carbons (Fsp3) is 0.562. The molecular weight excluding hydrogens is 250 g/mol. The minimum absolute atomic E-state index is 0.136. The highest BCUT2D eigenvalue weighted by Crippen LogP contribution is 2.20. The Labute approximate surface area is 121 Å². The van der Waals surface area contributed by atoms with Crippen molar-refractivity contribution in [2.24, 2.45) is 0 Å². The molecule has 1 unspecified atom stereocenters. The van der Waals surface area contributed by atoms with E-state index in [1.807, 2.05) is 48.2 Å². The Kier molecular flexibility index (Phi) is 4.65. The van der Waals surface area contributed by atoms with Crippen LogP contribution in [0.4, 0.5) is 5.69 Å². The number of anilines is 1. The maximum absolute atomic E-state index is 12.8. The highest BCUT2D eigenvalue weighted by atomic mass is 16.2. The van der Waals surface area contributed by atoms with Crippen molar-refractivity contribution in [3.63, 3.8) is 0 Å². The van der Waals surface area contributed by atoms with Gasteiger partial charge in [0, 0.05) is 44.0 Å². The standard InChI is InChI=1S/C16H25N3O/c1-12(2)19(15-8-9-17-11-15)16(20)13-6-5-7-14(10-13)18(3)4/h5-7,10,12,15,17H,8-9,11H2,1-4H3. The van der Waals surface area contributed by atoms with E-state index in [9.17, 15) is 4.79 Å². The molecule has 1 atom stereocenters. The van der Waals surface area contributed by atoms with E-state index in [-0.39, 0.29) is 11.9 Å². The number of hydrogen-bond acceptors (Lipinski definition) is 3. The van der Waals surface area contributed by atoms with E-state index in [0.717, 1.165) is 30.8 Å². The molecule has 0 spiro atoms. The third-order valence-electron chi connectivity index (χ3n) is 3.83. The number of carbonyl (C=O) groups is 1. The zero-order chi connectivity index (χ0) is 14.7. The summed E-state index contributed by atoms with van der Waals surface area (Å²) in [6, 6.07) is 8.38. The third kappa shape index (κ3) is 3.12. The first kappa shape index (κ1) is 14.9. The van der Waals surface area contributed by atoms with Crippen LogP contribution in [-0.4, -0.2) is 50.1 Å². The molecule has 1 fully saturated rings. The van der Waals surface area contributed by atoms with E-state index in [4.69, 9.17) is 0 Å². The molecule has 0 aliphatic carbocycles. The molecule has 0 saturated carbocycles. The Hall–Kier alpha value is -1.55. The van der Waals surface area contributed by atoms with Crippen molar-refractivity contribution in [2.75, 3.05) is 32.1 Å². The number of carbonyl (C=O) groups excluding carboxylic acids is 1. The van der Waals surface area contributed by atoms with E-state index in [1.54, 1.807) is 0 Å². The van der Waals surface area contributed by atoms with E-state index in [2.05, 4.69) is 19.2 Å². The molecule has 20 heavy (non-hydrogen) atoms. The van der Waals surface area contributed by atoms with Gasteiger partial charge in [0.1, 0.15) is 0 Å². The molecule has 1 aliphatic heterocycles. The van der Waals surface area contributed by atoms with Gasteiger partial charge in [-0.15, -0.1) is 0 Å². The first-order valence-electron chi connectivity index (χ1n) is 7.31. The van der Waals surface area contributed by atoms with Crippen LogP contribution in [0.3, 0.4) is 0 Å². The van der Waals surface area contributed by atoms with Gasteiger partial charge in [-0.05, 0) is 45.0 Å². The normalized spacial score (nSPS) is 18.4. The maximum atomic E-state index is 12.8. The van der Waals surface area contributed by atoms with Crippen LogP contribution < -0.4 is 10.2 Å². The van der Waals surface area contributed by atoms with Gasteiger partial charge in [0.25, 0.3) is 5.91 Å². The van der Waals surface area contributed by atoms with E-state index < -0.39 is 0 Å². The molecule has 1 heterocycles. The average molecular weight is 275 g/mol. The lowest BCUT2D eigenvalue weighted by molar-refractivity contribution is 0.0627. The van der Waals surface area contributed by atoms with Gasteiger partial charge in [-0.1, -0.05) is 6.07 Å². The van der Waals surface area contributed by atoms with Gasteiger partial charge in [0.15, 0.2) is 0 Å². The molecule has 1 aromatic carbocycles. The first-order chi connectivity index (χ1) is 9.50. The number of benzene rings is 1. The van der Waals surface area contributed by atoms with Gasteiger partial charge in [0.05, 0.1) is 0 Å². The second-order valence-electron chi connectivity index (χ2n) is 5.90. The lowest BCUT2D eigenvalue weighted by Crippen LogP contribution is -2.45. The van der Waals surface area contributed by atoms with Crippen molar-refractivity contribution >= 4 is 11.6 Å². The largest absolute Gasteiger partial charge is 0.378 e. The SMILES string of the molecule is CC(C)N(C(=O)c1cccc(N(C)C)c1)C1CCNC1. The van der Waals surface area contributed by atoms with Gasteiger partial charge in [-0.25, -0.2) is 0 Å². The Morgan fingerprint density at radius 3 is 2.65 bits per heavy atom. The Morgan fingerprint density at radius 1 is 1.35 bits per heavy atom. The van der Waals surface area contributed by atoms with Crippen molar-refractivity contribution in [1.29, 1.82) is 0 Å². The fourth-order valence-electron chi connectivity index (χ4n) is 2.76. The zero-order valence-electron chi connectivity index (χ0n) is 12.9. The van der Waals surface area contributed by atoms with Crippen molar-refractivity contribution in [3.8, 4) is 0 Å². The number of hydrogen-bond donors (Lipinski definition) is 1. The summed E-state index contributed by atoms with van der Waals surface area (Å²) in [6.45, 7) is 6.08. The zero-order valence-corrected chi connectivity index (χ0v) is 12.9. The summed E-state index contributed by atoms with van der Waals surface area (Å²) in [4.78, 5) is 16.9. The number of amides is 1. The van der Waals surface area contributed by atoms with Crippen molar-refractivity contribution in [3.05, 3.63) is 29.8 Å². The Morgan fingerprint density at radius 2 is 2.10 bits per heavy atom. The number of nitrogens with zero attached hydrogens (tertiary/aromatic N) is 2. The average Bonchev–Trinajstić information content (AvgIpc) is 2.92. The van der Waals surface area contributed by atoms with Gasteiger partial charge in [0.2, 0.25) is 0 Å². The molecule has 0 radical (unpaired) electrons. The topological polar surface area (TPSA) is 35.6 Å². The summed E-state index contributed by atoms with van der Waals surface area (Å²) >= 11 is 0. The van der Waals surface area contributed by atoms with E-state index in [1.165, 1.54) is 0 Å². The fourth-order valence-corrected chi connectivity index (χ4v) is 2.76. The van der Waals surface area contributed by atoms with Crippen LogP contribution in [0.2, 0.25) is 0 Å². The minimum Gasteiger partial charge on any atom is -0.378 e. The molecule has 1 amide bonds. The van der Waals surface area contributed by atoms with Crippen LogP contribution >= 0.6 is 0 Å². The molecule has 1 aromatic rings. The van der Waals surface area contributed by atoms with Crippen LogP contribution in [0.1, 0.15) is 30.6 Å². The molecular formula is C16H25N3O. The number of nitrogens with one attached hydrogen (secondary N) is 1. The first-order valence-corrected chi connectivity index (χ1v) is 7.31. The van der Waals surface area contributed by atoms with E-state index >= 15 is 0 Å². The van der Waals surface area contributed by atoms with Gasteiger partial charge >= 0.3 is 0 Å². The summed E-state index contributed by atoms with van der Waals surface area (Å²) < 4.78 is 0. The lowest BCUT2D eigenvalue weighted by Gasteiger charge is -2.32. The van der Waals surface area contributed by atoms with Crippen molar-refractivity contribution in [2.45, 2.75) is 32.4 Å². The second kappa shape index (κ2) is 6.27. The predicted octanol–water partition coefficient (Wildman–Crippen LogP) is 1.97. The molecule has 1 aliphatic rings. The molecule has 110 valence electrons. The van der Waals surface area contributed by atoms with Crippen LogP contribution in [-0.2, 0) is 0 Å². The van der Waals surface area contributed by atoms with E-state index in [0.29, 0.717) is 6.04 Å². The molecule has 0 aromatic heterocycles. The molecule has 4 nitrogen and oxygen atoms in total. The van der Waals surface area contributed by atoms with Crippen LogP contribution in [0.25, 0.3) is 0 Å².